The molecule has 0 atom stereocenters. The standard InChI is InChI=1S/C6H7N3O/c10-9-8-7-6-4-2-1-3-5-6/h1-5,7,9H. The second-order valence-corrected chi connectivity index (χ2v) is 1.68. The highest BCUT2D eigenvalue weighted by atomic mass is 16.5. The van der Waals surface area contributed by atoms with Crippen molar-refractivity contribution in [3.8, 4) is 0 Å². The van der Waals surface area contributed by atoms with Gasteiger partial charge in [0, 0.05) is 0 Å². The number of nitrogens with zero attached hydrogens (tertiary/aromatic N) is 1. The zero-order valence-corrected chi connectivity index (χ0v) is 5.24. The number of para-hydroxylation sites is 1. The molecule has 4 nitrogen and oxygen atoms in total. The van der Waals surface area contributed by atoms with Crippen LogP contribution in [-0.4, -0.2) is 0 Å². The third-order valence-corrected chi connectivity index (χ3v) is 1.00. The fourth-order valence-corrected chi connectivity index (χ4v) is 0.600. The number of rotatable bonds is 2. The van der Waals surface area contributed by atoms with E-state index in [0.717, 1.165) is 5.69 Å². The molecule has 0 fully saturated rings. The third-order valence-electron chi connectivity index (χ3n) is 1.00. The summed E-state index contributed by atoms with van der Waals surface area (Å²) in [6.45, 7) is 0. The first kappa shape index (κ1) is 6.54. The van der Waals surface area contributed by atoms with Crippen LogP contribution in [0.5, 0.6) is 0 Å². The van der Waals surface area contributed by atoms with Crippen LogP contribution < -0.4 is 10.7 Å². The van der Waals surface area contributed by atoms with Gasteiger partial charge in [0.1, 0.15) is 5.69 Å². The predicted molar refractivity (Wildman–Crippen MR) is 36.8 cm³/mol. The summed E-state index contributed by atoms with van der Waals surface area (Å²) in [6.07, 6.45) is 0. The van der Waals surface area contributed by atoms with Crippen LogP contribution in [0.4, 0.5) is 5.69 Å². The molecule has 0 aliphatic carbocycles. The Morgan fingerprint density at radius 2 is 2.00 bits per heavy atom. The second kappa shape index (κ2) is 3.45. The molecule has 0 bridgehead atoms. The van der Waals surface area contributed by atoms with Crippen LogP contribution in [0.15, 0.2) is 35.6 Å². The molecule has 10 heavy (non-hydrogen) atoms. The van der Waals surface area contributed by atoms with Gasteiger partial charge in [-0.3, -0.25) is 0 Å². The van der Waals surface area contributed by atoms with E-state index in [9.17, 15) is 5.21 Å². The second-order valence-electron chi connectivity index (χ2n) is 1.68. The first-order valence-corrected chi connectivity index (χ1v) is 2.81. The number of anilines is 1. The Morgan fingerprint density at radius 3 is 2.60 bits per heavy atom. The molecule has 0 unspecified atom stereocenters. The van der Waals surface area contributed by atoms with Gasteiger partial charge in [0.25, 0.3) is 0 Å². The molecule has 0 aromatic heterocycles. The average molecular weight is 137 g/mol. The van der Waals surface area contributed by atoms with Gasteiger partial charge in [0.05, 0.1) is 5.22 Å². The fourth-order valence-electron chi connectivity index (χ4n) is 0.600. The number of hydrogen-bond donors (Lipinski definition) is 2. The van der Waals surface area contributed by atoms with Gasteiger partial charge >= 0.3 is 0 Å². The van der Waals surface area contributed by atoms with Crippen molar-refractivity contribution in [2.24, 2.45) is 5.22 Å². The van der Waals surface area contributed by atoms with Crippen LogP contribution >= 0.6 is 0 Å². The maximum absolute atomic E-state index is 9.62. The zero-order chi connectivity index (χ0) is 7.23. The number of benzene rings is 1. The predicted octanol–water partition coefficient (Wildman–Crippen LogP) is 0.0441. The van der Waals surface area contributed by atoms with E-state index in [1.54, 1.807) is 12.1 Å². The SMILES string of the molecule is [O-][NH+]=NNc1ccccc1. The van der Waals surface area contributed by atoms with Gasteiger partial charge in [0.15, 0.2) is 0 Å². The van der Waals surface area contributed by atoms with Gasteiger partial charge in [-0.05, 0) is 12.1 Å². The third kappa shape index (κ3) is 1.74. The van der Waals surface area contributed by atoms with Crippen LogP contribution in [0.3, 0.4) is 0 Å². The summed E-state index contributed by atoms with van der Waals surface area (Å²) in [5, 5.41) is 14.2. The van der Waals surface area contributed by atoms with E-state index >= 15 is 0 Å². The van der Waals surface area contributed by atoms with Crippen molar-refractivity contribution in [1.82, 2.24) is 0 Å². The molecule has 4 heteroatoms. The zero-order valence-electron chi connectivity index (χ0n) is 5.24. The number of hydrogen-bond acceptors (Lipinski definition) is 2. The lowest BCUT2D eigenvalue weighted by Crippen LogP contribution is -2.57. The molecule has 0 saturated heterocycles. The maximum Gasteiger partial charge on any atom is 0.146 e. The average Bonchev–Trinajstić information content (AvgIpc) is 2.03. The molecule has 0 radical (unpaired) electrons. The molecular weight excluding hydrogens is 130 g/mol. The van der Waals surface area contributed by atoms with Crippen molar-refractivity contribution in [1.29, 1.82) is 0 Å². The Morgan fingerprint density at radius 1 is 1.30 bits per heavy atom. The molecule has 0 heterocycles. The summed E-state index contributed by atoms with van der Waals surface area (Å²) < 4.78 is 0. The molecule has 0 aliphatic heterocycles. The van der Waals surface area contributed by atoms with Crippen LogP contribution in [0.2, 0.25) is 0 Å². The Balaban J connectivity index is 2.59. The van der Waals surface area contributed by atoms with Crippen molar-refractivity contribution in [3.05, 3.63) is 35.5 Å². The molecule has 2 N–H and O–H groups in total. The first-order valence-electron chi connectivity index (χ1n) is 2.81. The van der Waals surface area contributed by atoms with Crippen molar-refractivity contribution in [3.63, 3.8) is 0 Å². The monoisotopic (exact) mass is 137 g/mol. The van der Waals surface area contributed by atoms with Crippen molar-refractivity contribution in [2.45, 2.75) is 0 Å². The topological polar surface area (TPSA) is 61.4 Å². The minimum absolute atomic E-state index is 0.783. The summed E-state index contributed by atoms with van der Waals surface area (Å²) >= 11 is 0. The Hall–Kier alpha value is -1.58. The first-order chi connectivity index (χ1) is 4.93. The van der Waals surface area contributed by atoms with Gasteiger partial charge in [-0.2, -0.15) is 5.28 Å². The molecule has 0 amide bonds. The maximum atomic E-state index is 9.62. The molecular formula is C6H7N3O. The van der Waals surface area contributed by atoms with Gasteiger partial charge in [-0.25, -0.2) is 0 Å². The Bertz CT molecular complexity index is 209. The van der Waals surface area contributed by atoms with Gasteiger partial charge < -0.3 is 5.21 Å². The van der Waals surface area contributed by atoms with Crippen molar-refractivity contribution in [2.75, 3.05) is 5.43 Å². The molecule has 0 aliphatic rings. The van der Waals surface area contributed by atoms with E-state index in [2.05, 4.69) is 10.6 Å². The summed E-state index contributed by atoms with van der Waals surface area (Å²) in [5.41, 5.74) is 3.28. The molecule has 0 spiro atoms. The molecule has 1 rings (SSSR count). The van der Waals surface area contributed by atoms with Crippen molar-refractivity contribution >= 4 is 5.69 Å². The van der Waals surface area contributed by atoms with Gasteiger partial charge in [-0.15, -0.1) is 5.43 Å². The lowest BCUT2D eigenvalue weighted by Gasteiger charge is -1.89. The Labute approximate surface area is 58.1 Å². The summed E-state index contributed by atoms with van der Waals surface area (Å²) in [4.78, 5) is 0. The largest absolute Gasteiger partial charge is 0.698 e. The quantitative estimate of drug-likeness (QED) is 0.446. The highest BCUT2D eigenvalue weighted by Crippen LogP contribution is 2.02. The van der Waals surface area contributed by atoms with Crippen LogP contribution in [0.25, 0.3) is 0 Å². The van der Waals surface area contributed by atoms with Gasteiger partial charge in [-0.1, -0.05) is 18.2 Å². The summed E-state index contributed by atoms with van der Waals surface area (Å²) in [5.74, 6) is 0. The van der Waals surface area contributed by atoms with E-state index in [1.807, 2.05) is 18.2 Å². The summed E-state index contributed by atoms with van der Waals surface area (Å²) in [7, 11) is 0. The number of nitrogens with one attached hydrogen (secondary N) is 2. The van der Waals surface area contributed by atoms with Gasteiger partial charge in [0.2, 0.25) is 0 Å². The lowest BCUT2D eigenvalue weighted by atomic mass is 10.3. The minimum Gasteiger partial charge on any atom is -0.698 e. The Kier molecular flexibility index (Phi) is 2.25. The van der Waals surface area contributed by atoms with E-state index in [4.69, 9.17) is 0 Å². The highest BCUT2D eigenvalue weighted by Gasteiger charge is 1.88. The van der Waals surface area contributed by atoms with E-state index in [-0.39, 0.29) is 0 Å². The summed E-state index contributed by atoms with van der Waals surface area (Å²) in [6, 6.07) is 9.20. The smallest absolute Gasteiger partial charge is 0.146 e. The molecule has 1 aromatic rings. The molecule has 1 aromatic carbocycles. The van der Waals surface area contributed by atoms with Crippen LogP contribution in [0.1, 0.15) is 0 Å². The van der Waals surface area contributed by atoms with Crippen LogP contribution in [-0.2, 0) is 0 Å². The normalized spacial score (nSPS) is 10.0. The molecule has 52 valence electrons. The minimum atomic E-state index is 0.783. The fraction of sp³-hybridized carbons (Fsp3) is 0. The lowest BCUT2D eigenvalue weighted by molar-refractivity contribution is -0.456. The van der Waals surface area contributed by atoms with Crippen LogP contribution in [0, 0.1) is 5.21 Å². The van der Waals surface area contributed by atoms with E-state index < -0.39 is 0 Å². The molecule has 0 saturated carbocycles. The van der Waals surface area contributed by atoms with Crippen molar-refractivity contribution < 1.29 is 5.28 Å². The van der Waals surface area contributed by atoms with E-state index in [0.29, 0.717) is 0 Å². The highest BCUT2D eigenvalue weighted by molar-refractivity contribution is 5.40. The van der Waals surface area contributed by atoms with E-state index in [1.165, 1.54) is 5.28 Å².